The molecule has 0 unspecified atom stereocenters. The maximum atomic E-state index is 9.85. The molecule has 0 rings (SSSR count). The molecule has 0 aromatic heterocycles. The quantitative estimate of drug-likeness (QED) is 0.342. The van der Waals surface area contributed by atoms with Crippen molar-refractivity contribution in [1.82, 2.24) is 5.23 Å². The molecule has 4 heteroatoms. The number of carbonyl (C=O) groups excluding carboxylic acids is 1. The van der Waals surface area contributed by atoms with E-state index in [4.69, 9.17) is 0 Å². The van der Waals surface area contributed by atoms with Crippen LogP contribution in [0.4, 0.5) is 0 Å². The number of amides is 1. The smallest absolute Gasteiger partial charge is 0.322 e. The Hall–Kier alpha value is -0.115. The predicted octanol–water partition coefficient (Wildman–Crippen LogP) is -0.413. The van der Waals surface area contributed by atoms with Crippen LogP contribution in [0.2, 0.25) is 0 Å². The van der Waals surface area contributed by atoms with Gasteiger partial charge >= 0.3 is 6.69 Å². The first-order valence-corrected chi connectivity index (χ1v) is 2.02. The summed E-state index contributed by atoms with van der Waals surface area (Å²) >= 11 is 3.60. The highest BCUT2D eigenvalue weighted by Crippen LogP contribution is 1.58. The van der Waals surface area contributed by atoms with Crippen molar-refractivity contribution < 1.29 is 4.79 Å². The minimum Gasteiger partial charge on any atom is -0.393 e. The van der Waals surface area contributed by atoms with E-state index in [9.17, 15) is 4.79 Å². The number of nitrogens with one attached hydrogen (secondary N) is 1. The molecule has 0 heterocycles. The fraction of sp³-hybridized carbons (Fsp3) is 0.500. The predicted molar refractivity (Wildman–Crippen MR) is 28.6 cm³/mol. The normalized spacial score (nSPS) is 7.00. The highest BCUT2D eigenvalue weighted by atomic mass is 32.1. The zero-order valence-corrected chi connectivity index (χ0v) is 4.33. The van der Waals surface area contributed by atoms with Gasteiger partial charge in [-0.05, 0) is 0 Å². The molecule has 6 heavy (non-hydrogen) atoms. The third-order valence-corrected chi connectivity index (χ3v) is 0.397. The summed E-state index contributed by atoms with van der Waals surface area (Å²) in [6, 6.07) is 0. The van der Waals surface area contributed by atoms with Crippen LogP contribution in [0, 0.1) is 0 Å². The Kier molecular flexibility index (Phi) is 3.03. The average Bonchev–Trinajstić information content (AvgIpc) is 1.35. The largest absolute Gasteiger partial charge is 0.393 e. The van der Waals surface area contributed by atoms with Crippen molar-refractivity contribution in [2.75, 3.05) is 0 Å². The lowest BCUT2D eigenvalue weighted by molar-refractivity contribution is -0.117. The van der Waals surface area contributed by atoms with Crippen LogP contribution in [0.15, 0.2) is 0 Å². The molecule has 0 saturated carbocycles. The molecular formula is C2H5BNOS. The van der Waals surface area contributed by atoms with E-state index < -0.39 is 0 Å². The first kappa shape index (κ1) is 5.88. The lowest BCUT2D eigenvalue weighted by atomic mass is 10.4. The molecule has 33 valence electrons. The van der Waals surface area contributed by atoms with Crippen molar-refractivity contribution in [2.24, 2.45) is 0 Å². The topological polar surface area (TPSA) is 29.1 Å². The molecular weight excluding hydrogens is 96.9 g/mol. The van der Waals surface area contributed by atoms with Gasteiger partial charge in [-0.3, -0.25) is 4.79 Å². The highest BCUT2D eigenvalue weighted by Gasteiger charge is 1.82. The maximum Gasteiger partial charge on any atom is 0.322 e. The minimum absolute atomic E-state index is 0.0926. The monoisotopic (exact) mass is 102 g/mol. The van der Waals surface area contributed by atoms with E-state index in [-0.39, 0.29) is 5.91 Å². The van der Waals surface area contributed by atoms with Crippen LogP contribution in [0.3, 0.4) is 0 Å². The summed E-state index contributed by atoms with van der Waals surface area (Å²) in [6.45, 7) is 2.72. The van der Waals surface area contributed by atoms with E-state index in [2.05, 4.69) is 17.7 Å². The second-order valence-corrected chi connectivity index (χ2v) is 1.09. The van der Waals surface area contributed by atoms with Crippen molar-refractivity contribution >= 4 is 25.1 Å². The van der Waals surface area contributed by atoms with Crippen LogP contribution in [-0.4, -0.2) is 12.6 Å². The zero-order chi connectivity index (χ0) is 4.99. The number of hydrogen-bond donors (Lipinski definition) is 2. The molecule has 1 amide bonds. The zero-order valence-electron chi connectivity index (χ0n) is 3.43. The van der Waals surface area contributed by atoms with Gasteiger partial charge in [-0.25, -0.2) is 12.5 Å². The Morgan fingerprint density at radius 2 is 2.50 bits per heavy atom. The molecule has 2 nitrogen and oxygen atoms in total. The van der Waals surface area contributed by atoms with E-state index in [1.54, 1.807) is 0 Å². The molecule has 0 aromatic rings. The van der Waals surface area contributed by atoms with Gasteiger partial charge in [0, 0.05) is 6.92 Å². The summed E-state index contributed by atoms with van der Waals surface area (Å²) in [7, 11) is 0. The number of thiol groups is 1. The van der Waals surface area contributed by atoms with Crippen LogP contribution in [-0.2, 0) is 4.79 Å². The van der Waals surface area contributed by atoms with Crippen molar-refractivity contribution in [3.05, 3.63) is 0 Å². The van der Waals surface area contributed by atoms with Gasteiger partial charge in [0.1, 0.15) is 0 Å². The SMILES string of the molecule is CC(=O)N[B]S. The Labute approximate surface area is 42.9 Å². The fourth-order valence-electron chi connectivity index (χ4n) is 0.0909. The molecule has 0 bridgehead atoms. The lowest BCUT2D eigenvalue weighted by Gasteiger charge is -1.86. The van der Waals surface area contributed by atoms with Crippen molar-refractivity contribution in [3.8, 4) is 0 Å². The summed E-state index contributed by atoms with van der Waals surface area (Å²) < 4.78 is 0. The first-order chi connectivity index (χ1) is 2.77. The van der Waals surface area contributed by atoms with Crippen LogP contribution >= 0.6 is 12.5 Å². The molecule has 0 aliphatic rings. The average molecular weight is 102 g/mol. The molecule has 0 spiro atoms. The van der Waals surface area contributed by atoms with Gasteiger partial charge < -0.3 is 5.23 Å². The first-order valence-electron chi connectivity index (χ1n) is 1.50. The Morgan fingerprint density at radius 1 is 2.00 bits per heavy atom. The third kappa shape index (κ3) is 3.88. The van der Waals surface area contributed by atoms with Gasteiger partial charge in [-0.1, -0.05) is 0 Å². The van der Waals surface area contributed by atoms with E-state index >= 15 is 0 Å². The Bertz CT molecular complexity index is 57.5. The van der Waals surface area contributed by atoms with Crippen LogP contribution in [0.25, 0.3) is 0 Å². The van der Waals surface area contributed by atoms with Gasteiger partial charge in [-0.2, -0.15) is 0 Å². The van der Waals surface area contributed by atoms with Gasteiger partial charge in [0.15, 0.2) is 0 Å². The van der Waals surface area contributed by atoms with E-state index in [1.807, 2.05) is 0 Å². The fourth-order valence-corrected chi connectivity index (χ4v) is 0.273. The number of rotatable bonds is 1. The second-order valence-electron chi connectivity index (χ2n) is 0.830. The third-order valence-electron chi connectivity index (χ3n) is 0.268. The standard InChI is InChI=1S/C2H5BNOS/c1-2(5)4-3-6/h6H,1H3,(H,4,5). The molecule has 0 aliphatic heterocycles. The van der Waals surface area contributed by atoms with Crippen LogP contribution in [0.5, 0.6) is 0 Å². The van der Waals surface area contributed by atoms with E-state index in [0.717, 1.165) is 0 Å². The van der Waals surface area contributed by atoms with Gasteiger partial charge in [0.25, 0.3) is 0 Å². The maximum absolute atomic E-state index is 9.85. The summed E-state index contributed by atoms with van der Waals surface area (Å²) in [4.78, 5) is 9.85. The molecule has 0 atom stereocenters. The number of carbonyl (C=O) groups is 1. The van der Waals surface area contributed by atoms with Crippen molar-refractivity contribution in [2.45, 2.75) is 6.92 Å². The molecule has 0 fully saturated rings. The van der Waals surface area contributed by atoms with Gasteiger partial charge in [-0.15, -0.1) is 0 Å². The summed E-state index contributed by atoms with van der Waals surface area (Å²) in [5, 5.41) is 2.31. The second kappa shape index (κ2) is 3.09. The Balaban J connectivity index is 2.83. The molecule has 0 saturated heterocycles. The number of hydrogen-bond acceptors (Lipinski definition) is 2. The lowest BCUT2D eigenvalue weighted by Crippen LogP contribution is -2.19. The van der Waals surface area contributed by atoms with Gasteiger partial charge in [0.2, 0.25) is 5.91 Å². The van der Waals surface area contributed by atoms with Crippen LogP contribution in [0.1, 0.15) is 6.92 Å². The molecule has 0 aliphatic carbocycles. The van der Waals surface area contributed by atoms with E-state index in [0.29, 0.717) is 0 Å². The van der Waals surface area contributed by atoms with Crippen LogP contribution < -0.4 is 5.23 Å². The summed E-state index contributed by atoms with van der Waals surface area (Å²) in [5.74, 6) is -0.0926. The molecule has 0 aromatic carbocycles. The molecule has 1 N–H and O–H groups in total. The van der Waals surface area contributed by atoms with Crippen molar-refractivity contribution in [1.29, 1.82) is 0 Å². The summed E-state index contributed by atoms with van der Waals surface area (Å²) in [5.41, 5.74) is 0. The van der Waals surface area contributed by atoms with E-state index in [1.165, 1.54) is 13.6 Å². The minimum atomic E-state index is -0.0926. The van der Waals surface area contributed by atoms with Gasteiger partial charge in [0.05, 0.1) is 0 Å². The summed E-state index contributed by atoms with van der Waals surface area (Å²) in [6.07, 6.45) is 0. The molecule has 1 radical (unpaired) electrons. The van der Waals surface area contributed by atoms with Crippen molar-refractivity contribution in [3.63, 3.8) is 0 Å². The Morgan fingerprint density at radius 3 is 2.50 bits per heavy atom. The highest BCUT2D eigenvalue weighted by molar-refractivity contribution is 8.06.